The molecule has 0 bridgehead atoms. The number of nitrogens with zero attached hydrogens (tertiary/aromatic N) is 3. The van der Waals surface area contributed by atoms with E-state index in [9.17, 15) is 0 Å². The SMILES string of the molecule is Clc1cnc(NC2CCNCC2)cc1-c1ccnc(NCc2ccncc2)c1. The molecule has 1 saturated heterocycles. The van der Waals surface area contributed by atoms with Gasteiger partial charge in [0, 0.05) is 42.9 Å². The molecule has 144 valence electrons. The summed E-state index contributed by atoms with van der Waals surface area (Å²) in [6.45, 7) is 2.76. The summed E-state index contributed by atoms with van der Waals surface area (Å²) in [5.74, 6) is 1.66. The molecule has 3 N–H and O–H groups in total. The molecule has 0 amide bonds. The quantitative estimate of drug-likeness (QED) is 0.587. The van der Waals surface area contributed by atoms with E-state index in [1.54, 1.807) is 24.8 Å². The second-order valence-corrected chi connectivity index (χ2v) is 7.26. The standard InChI is InChI=1S/C21H23ClN6/c22-19-14-27-21(28-17-4-8-24-9-5-17)12-18(19)16-3-10-25-20(11-16)26-13-15-1-6-23-7-2-15/h1-3,6-7,10-12,14,17,24H,4-5,8-9,13H2,(H,25,26)(H,27,28). The van der Waals surface area contributed by atoms with Gasteiger partial charge in [0.1, 0.15) is 11.6 Å². The molecule has 6 nitrogen and oxygen atoms in total. The van der Waals surface area contributed by atoms with Crippen molar-refractivity contribution >= 4 is 23.2 Å². The van der Waals surface area contributed by atoms with E-state index < -0.39 is 0 Å². The van der Waals surface area contributed by atoms with Gasteiger partial charge < -0.3 is 16.0 Å². The molecule has 1 aliphatic rings. The largest absolute Gasteiger partial charge is 0.367 e. The zero-order valence-electron chi connectivity index (χ0n) is 15.5. The minimum Gasteiger partial charge on any atom is -0.367 e. The summed E-state index contributed by atoms with van der Waals surface area (Å²) in [4.78, 5) is 12.9. The Morgan fingerprint density at radius 2 is 1.82 bits per heavy atom. The molecule has 4 heterocycles. The first-order valence-electron chi connectivity index (χ1n) is 9.50. The van der Waals surface area contributed by atoms with E-state index in [0.29, 0.717) is 17.6 Å². The molecular formula is C21H23ClN6. The summed E-state index contributed by atoms with van der Waals surface area (Å²) in [5, 5.41) is 10.9. The molecule has 1 fully saturated rings. The van der Waals surface area contributed by atoms with Crippen LogP contribution in [0.2, 0.25) is 5.02 Å². The third kappa shape index (κ3) is 4.77. The first-order chi connectivity index (χ1) is 13.8. The summed E-state index contributed by atoms with van der Waals surface area (Å²) in [6, 6.07) is 10.4. The van der Waals surface area contributed by atoms with Gasteiger partial charge >= 0.3 is 0 Å². The average molecular weight is 395 g/mol. The van der Waals surface area contributed by atoms with Crippen LogP contribution in [0.1, 0.15) is 18.4 Å². The Morgan fingerprint density at radius 1 is 1.00 bits per heavy atom. The Balaban J connectivity index is 1.50. The Kier molecular flexibility index (Phi) is 5.99. The molecule has 0 aromatic carbocycles. The molecule has 0 saturated carbocycles. The van der Waals surface area contributed by atoms with Crippen molar-refractivity contribution in [2.75, 3.05) is 23.7 Å². The Morgan fingerprint density at radius 3 is 2.64 bits per heavy atom. The van der Waals surface area contributed by atoms with Gasteiger partial charge in [-0.2, -0.15) is 0 Å². The molecule has 3 aromatic rings. The topological polar surface area (TPSA) is 74.8 Å². The highest BCUT2D eigenvalue weighted by atomic mass is 35.5. The zero-order valence-corrected chi connectivity index (χ0v) is 16.3. The van der Waals surface area contributed by atoms with Gasteiger partial charge in [-0.15, -0.1) is 0 Å². The average Bonchev–Trinajstić information content (AvgIpc) is 2.75. The Labute approximate surface area is 169 Å². The number of nitrogens with one attached hydrogen (secondary N) is 3. The van der Waals surface area contributed by atoms with Crippen molar-refractivity contribution in [3.63, 3.8) is 0 Å². The monoisotopic (exact) mass is 394 g/mol. The zero-order chi connectivity index (χ0) is 19.2. The van der Waals surface area contributed by atoms with Gasteiger partial charge in [0.25, 0.3) is 0 Å². The predicted molar refractivity (Wildman–Crippen MR) is 114 cm³/mol. The van der Waals surface area contributed by atoms with Gasteiger partial charge in [-0.05, 0) is 67.4 Å². The smallest absolute Gasteiger partial charge is 0.126 e. The van der Waals surface area contributed by atoms with E-state index >= 15 is 0 Å². The van der Waals surface area contributed by atoms with E-state index in [0.717, 1.165) is 54.3 Å². The third-order valence-electron chi connectivity index (χ3n) is 4.84. The fourth-order valence-electron chi connectivity index (χ4n) is 3.30. The number of halogens is 1. The molecule has 0 unspecified atom stereocenters. The molecular weight excluding hydrogens is 372 g/mol. The van der Waals surface area contributed by atoms with Crippen LogP contribution in [-0.4, -0.2) is 34.1 Å². The highest BCUT2D eigenvalue weighted by molar-refractivity contribution is 6.33. The van der Waals surface area contributed by atoms with Crippen LogP contribution in [0, 0.1) is 0 Å². The highest BCUT2D eigenvalue weighted by Crippen LogP contribution is 2.30. The number of piperidine rings is 1. The van der Waals surface area contributed by atoms with Gasteiger partial charge in [-0.3, -0.25) is 4.98 Å². The van der Waals surface area contributed by atoms with Crippen LogP contribution >= 0.6 is 11.6 Å². The molecule has 0 radical (unpaired) electrons. The Bertz CT molecular complexity index is 912. The van der Waals surface area contributed by atoms with E-state index in [1.807, 2.05) is 30.3 Å². The van der Waals surface area contributed by atoms with E-state index in [2.05, 4.69) is 30.9 Å². The molecule has 3 aromatic heterocycles. The normalized spacial score (nSPS) is 14.6. The number of hydrogen-bond acceptors (Lipinski definition) is 6. The number of anilines is 2. The summed E-state index contributed by atoms with van der Waals surface area (Å²) in [7, 11) is 0. The molecule has 0 atom stereocenters. The lowest BCUT2D eigenvalue weighted by molar-refractivity contribution is 0.478. The second-order valence-electron chi connectivity index (χ2n) is 6.86. The lowest BCUT2D eigenvalue weighted by Gasteiger charge is -2.24. The molecule has 7 heteroatoms. The van der Waals surface area contributed by atoms with Crippen molar-refractivity contribution in [2.24, 2.45) is 0 Å². The Hall–Kier alpha value is -2.70. The van der Waals surface area contributed by atoms with E-state index in [1.165, 1.54) is 0 Å². The van der Waals surface area contributed by atoms with Crippen LogP contribution in [0.5, 0.6) is 0 Å². The molecule has 28 heavy (non-hydrogen) atoms. The predicted octanol–water partition coefficient (Wildman–Crippen LogP) is 3.97. The minimum atomic E-state index is 0.442. The van der Waals surface area contributed by atoms with Crippen LogP contribution < -0.4 is 16.0 Å². The number of aromatic nitrogens is 3. The fourth-order valence-corrected chi connectivity index (χ4v) is 3.51. The number of rotatable bonds is 6. The molecule has 4 rings (SSSR count). The van der Waals surface area contributed by atoms with Crippen LogP contribution in [0.15, 0.2) is 55.1 Å². The van der Waals surface area contributed by atoms with Crippen LogP contribution in [0.4, 0.5) is 11.6 Å². The van der Waals surface area contributed by atoms with Crippen LogP contribution in [-0.2, 0) is 6.54 Å². The van der Waals surface area contributed by atoms with E-state index in [-0.39, 0.29) is 0 Å². The maximum absolute atomic E-state index is 6.45. The molecule has 1 aliphatic heterocycles. The minimum absolute atomic E-state index is 0.442. The summed E-state index contributed by atoms with van der Waals surface area (Å²) in [6.07, 6.45) is 9.27. The molecule has 0 spiro atoms. The van der Waals surface area contributed by atoms with Gasteiger partial charge in [-0.25, -0.2) is 9.97 Å². The van der Waals surface area contributed by atoms with Crippen molar-refractivity contribution in [2.45, 2.75) is 25.4 Å². The summed E-state index contributed by atoms with van der Waals surface area (Å²) < 4.78 is 0. The lowest BCUT2D eigenvalue weighted by Crippen LogP contribution is -2.35. The fraction of sp³-hybridized carbons (Fsp3) is 0.286. The van der Waals surface area contributed by atoms with Crippen molar-refractivity contribution < 1.29 is 0 Å². The third-order valence-corrected chi connectivity index (χ3v) is 5.14. The summed E-state index contributed by atoms with van der Waals surface area (Å²) >= 11 is 6.45. The van der Waals surface area contributed by atoms with Crippen molar-refractivity contribution in [1.29, 1.82) is 0 Å². The lowest BCUT2D eigenvalue weighted by atomic mass is 10.1. The van der Waals surface area contributed by atoms with Crippen molar-refractivity contribution in [3.8, 4) is 11.1 Å². The van der Waals surface area contributed by atoms with Gasteiger partial charge in [0.15, 0.2) is 0 Å². The van der Waals surface area contributed by atoms with Crippen LogP contribution in [0.25, 0.3) is 11.1 Å². The first kappa shape index (κ1) is 18.7. The number of pyridine rings is 3. The van der Waals surface area contributed by atoms with Gasteiger partial charge in [0.05, 0.1) is 5.02 Å². The molecule has 0 aliphatic carbocycles. The van der Waals surface area contributed by atoms with Gasteiger partial charge in [0.2, 0.25) is 0 Å². The first-order valence-corrected chi connectivity index (χ1v) is 9.88. The van der Waals surface area contributed by atoms with Gasteiger partial charge in [-0.1, -0.05) is 11.6 Å². The van der Waals surface area contributed by atoms with Crippen molar-refractivity contribution in [1.82, 2.24) is 20.3 Å². The van der Waals surface area contributed by atoms with Crippen LogP contribution in [0.3, 0.4) is 0 Å². The maximum atomic E-state index is 6.45. The summed E-state index contributed by atoms with van der Waals surface area (Å²) in [5.41, 5.74) is 3.10. The second kappa shape index (κ2) is 8.99. The maximum Gasteiger partial charge on any atom is 0.126 e. The van der Waals surface area contributed by atoms with Crippen molar-refractivity contribution in [3.05, 3.63) is 65.7 Å². The highest BCUT2D eigenvalue weighted by Gasteiger charge is 2.14. The number of hydrogen-bond donors (Lipinski definition) is 3. The van der Waals surface area contributed by atoms with E-state index in [4.69, 9.17) is 11.6 Å².